The third-order valence-corrected chi connectivity index (χ3v) is 4.66. The molecule has 0 amide bonds. The molecule has 1 N–H and O–H groups in total. The van der Waals surface area contributed by atoms with Crippen LogP contribution in [0.25, 0.3) is 33.7 Å². The first-order valence-corrected chi connectivity index (χ1v) is 9.38. The van der Waals surface area contributed by atoms with Crippen LogP contribution in [-0.4, -0.2) is 32.7 Å². The van der Waals surface area contributed by atoms with Gasteiger partial charge in [0.1, 0.15) is 5.82 Å². The van der Waals surface area contributed by atoms with E-state index in [-0.39, 0.29) is 6.61 Å². The van der Waals surface area contributed by atoms with Crippen LogP contribution in [0.1, 0.15) is 29.8 Å². The van der Waals surface area contributed by atoms with Crippen molar-refractivity contribution in [2.75, 3.05) is 6.61 Å². The third kappa shape index (κ3) is 3.59. The van der Waals surface area contributed by atoms with Crippen molar-refractivity contribution in [2.24, 2.45) is 0 Å². The van der Waals surface area contributed by atoms with Crippen molar-refractivity contribution in [2.45, 2.75) is 20.3 Å². The van der Waals surface area contributed by atoms with Crippen LogP contribution in [0.5, 0.6) is 0 Å². The summed E-state index contributed by atoms with van der Waals surface area (Å²) in [5, 5.41) is 7.87. The van der Waals surface area contributed by atoms with Gasteiger partial charge in [0, 0.05) is 5.56 Å². The zero-order valence-electron chi connectivity index (χ0n) is 16.1. The van der Waals surface area contributed by atoms with E-state index in [2.05, 4.69) is 27.1 Å². The molecule has 1 aromatic carbocycles. The number of hydrogen-bond donors (Lipinski definition) is 1. The molecule has 0 fully saturated rings. The monoisotopic (exact) mass is 390 g/mol. The summed E-state index contributed by atoms with van der Waals surface area (Å²) in [6, 6.07) is 12.5. The van der Waals surface area contributed by atoms with Crippen molar-refractivity contribution in [1.82, 2.24) is 20.2 Å². The molecule has 3 heterocycles. The number of pyridine rings is 2. The number of aromatic amines is 1. The Labute approximate surface area is 166 Å². The molecular weight excluding hydrogens is 371 g/mol. The maximum Gasteiger partial charge on any atom is 0.339 e. The predicted molar refractivity (Wildman–Crippen MR) is 108 cm³/mol. The Morgan fingerprint density at radius 3 is 2.55 bits per heavy atom. The van der Waals surface area contributed by atoms with Crippen LogP contribution in [-0.2, 0) is 11.2 Å². The molecule has 4 rings (SSSR count). The number of carbonyl (C=O) groups is 1. The quantitative estimate of drug-likeness (QED) is 0.505. The lowest BCUT2D eigenvalue weighted by atomic mass is 10.0. The lowest BCUT2D eigenvalue weighted by Gasteiger charge is -2.08. The summed E-state index contributed by atoms with van der Waals surface area (Å²) in [6.45, 7) is 4.08. The molecule has 29 heavy (non-hydrogen) atoms. The summed E-state index contributed by atoms with van der Waals surface area (Å²) in [6.07, 6.45) is 2.05. The molecule has 0 atom stereocenters. The molecule has 0 saturated carbocycles. The van der Waals surface area contributed by atoms with E-state index < -0.39 is 11.8 Å². The number of carbonyl (C=O) groups excluding carboxylic acids is 1. The van der Waals surface area contributed by atoms with E-state index in [0.29, 0.717) is 33.7 Å². The number of rotatable bonds is 5. The van der Waals surface area contributed by atoms with Gasteiger partial charge in [-0.2, -0.15) is 5.10 Å². The summed E-state index contributed by atoms with van der Waals surface area (Å²) in [5.74, 6) is -0.922. The van der Waals surface area contributed by atoms with Crippen molar-refractivity contribution in [3.63, 3.8) is 0 Å². The number of esters is 1. The van der Waals surface area contributed by atoms with Crippen LogP contribution in [0.15, 0.2) is 48.7 Å². The van der Waals surface area contributed by atoms with Gasteiger partial charge in [-0.05, 0) is 37.1 Å². The van der Waals surface area contributed by atoms with E-state index >= 15 is 0 Å². The number of aryl methyl sites for hydroxylation is 1. The fourth-order valence-corrected chi connectivity index (χ4v) is 3.17. The predicted octanol–water partition coefficient (Wildman–Crippen LogP) is 4.57. The summed E-state index contributed by atoms with van der Waals surface area (Å²) in [5.41, 5.74) is 4.36. The van der Waals surface area contributed by atoms with E-state index in [1.54, 1.807) is 13.0 Å². The van der Waals surface area contributed by atoms with E-state index in [1.165, 1.54) is 17.7 Å². The van der Waals surface area contributed by atoms with Gasteiger partial charge in [-0.15, -0.1) is 0 Å². The summed E-state index contributed by atoms with van der Waals surface area (Å²) >= 11 is 0. The Morgan fingerprint density at radius 1 is 1.10 bits per heavy atom. The van der Waals surface area contributed by atoms with E-state index in [4.69, 9.17) is 4.74 Å². The molecule has 146 valence electrons. The molecule has 0 unspecified atom stereocenters. The zero-order valence-corrected chi connectivity index (χ0v) is 16.1. The minimum atomic E-state index is -0.476. The maximum atomic E-state index is 13.2. The fourth-order valence-electron chi connectivity index (χ4n) is 3.17. The number of fused-ring (bicyclic) bond motifs is 1. The largest absolute Gasteiger partial charge is 0.462 e. The number of H-pyrrole nitrogens is 1. The zero-order chi connectivity index (χ0) is 20.4. The van der Waals surface area contributed by atoms with Crippen LogP contribution in [0.3, 0.4) is 0 Å². The smallest absolute Gasteiger partial charge is 0.339 e. The Balaban J connectivity index is 1.91. The number of nitrogens with one attached hydrogen (secondary N) is 1. The first-order chi connectivity index (χ1) is 14.1. The molecule has 3 aromatic heterocycles. The maximum absolute atomic E-state index is 13.2. The molecule has 6 nitrogen and oxygen atoms in total. The van der Waals surface area contributed by atoms with Crippen molar-refractivity contribution in [1.29, 1.82) is 0 Å². The van der Waals surface area contributed by atoms with Gasteiger partial charge in [-0.25, -0.2) is 14.2 Å². The fraction of sp³-hybridized carbons (Fsp3) is 0.182. The highest BCUT2D eigenvalue weighted by molar-refractivity contribution is 6.08. The second-order valence-electron chi connectivity index (χ2n) is 6.48. The third-order valence-electron chi connectivity index (χ3n) is 4.66. The van der Waals surface area contributed by atoms with Gasteiger partial charge in [-0.1, -0.05) is 31.2 Å². The van der Waals surface area contributed by atoms with Crippen LogP contribution >= 0.6 is 0 Å². The molecule has 0 aliphatic carbocycles. The Bertz CT molecular complexity index is 1170. The van der Waals surface area contributed by atoms with Gasteiger partial charge in [0.25, 0.3) is 0 Å². The van der Waals surface area contributed by atoms with Crippen molar-refractivity contribution >= 4 is 17.0 Å². The number of aromatic nitrogens is 4. The van der Waals surface area contributed by atoms with Gasteiger partial charge in [0.05, 0.1) is 40.8 Å². The molecule has 0 radical (unpaired) electrons. The lowest BCUT2D eigenvalue weighted by Crippen LogP contribution is -2.07. The van der Waals surface area contributed by atoms with Crippen molar-refractivity contribution in [3.8, 4) is 22.6 Å². The van der Waals surface area contributed by atoms with Crippen molar-refractivity contribution < 1.29 is 13.9 Å². The van der Waals surface area contributed by atoms with E-state index in [9.17, 15) is 9.18 Å². The highest BCUT2D eigenvalue weighted by atomic mass is 19.1. The second kappa shape index (κ2) is 7.79. The number of benzene rings is 1. The van der Waals surface area contributed by atoms with Gasteiger partial charge in [0.15, 0.2) is 5.65 Å². The van der Waals surface area contributed by atoms with Crippen LogP contribution in [0.2, 0.25) is 0 Å². The highest BCUT2D eigenvalue weighted by Crippen LogP contribution is 2.31. The minimum Gasteiger partial charge on any atom is -0.462 e. The van der Waals surface area contributed by atoms with Gasteiger partial charge in [-0.3, -0.25) is 10.1 Å². The van der Waals surface area contributed by atoms with Crippen LogP contribution in [0.4, 0.5) is 4.39 Å². The molecule has 7 heteroatoms. The number of hydrogen-bond acceptors (Lipinski definition) is 5. The Kier molecular flexibility index (Phi) is 5.03. The van der Waals surface area contributed by atoms with Gasteiger partial charge in [0.2, 0.25) is 0 Å². The van der Waals surface area contributed by atoms with E-state index in [0.717, 1.165) is 18.2 Å². The number of ether oxygens (including phenoxy) is 1. The average molecular weight is 390 g/mol. The van der Waals surface area contributed by atoms with Gasteiger partial charge >= 0.3 is 5.97 Å². The van der Waals surface area contributed by atoms with Crippen LogP contribution < -0.4 is 0 Å². The number of halogens is 1. The molecule has 0 spiro atoms. The molecule has 0 saturated heterocycles. The average Bonchev–Trinajstić information content (AvgIpc) is 3.18. The SMILES string of the molecule is CCOC(=O)c1cc(-c2ccc(F)cn2)nc2n[nH]c(-c3ccc(CC)cc3)c12. The highest BCUT2D eigenvalue weighted by Gasteiger charge is 2.21. The van der Waals surface area contributed by atoms with Crippen LogP contribution in [0, 0.1) is 5.82 Å². The minimum absolute atomic E-state index is 0.241. The molecule has 4 aromatic rings. The standard InChI is InChI=1S/C22H19FN4O2/c1-3-13-5-7-14(8-6-13)20-19-16(22(28)29-4-2)11-18(25-21(19)27-26-20)17-10-9-15(23)12-24-17/h5-12H,3-4H2,1-2H3,(H,25,26,27). The topological polar surface area (TPSA) is 80.8 Å². The lowest BCUT2D eigenvalue weighted by molar-refractivity contribution is 0.0528. The summed E-state index contributed by atoms with van der Waals surface area (Å²) < 4.78 is 18.5. The first kappa shape index (κ1) is 18.7. The van der Waals surface area contributed by atoms with Gasteiger partial charge < -0.3 is 4.74 Å². The molecule has 0 aliphatic heterocycles. The Morgan fingerprint density at radius 2 is 1.90 bits per heavy atom. The summed E-state index contributed by atoms with van der Waals surface area (Å²) in [7, 11) is 0. The Hall–Kier alpha value is -3.61. The van der Waals surface area contributed by atoms with E-state index in [1.807, 2.05) is 24.3 Å². The molecule has 0 aliphatic rings. The molecular formula is C22H19FN4O2. The first-order valence-electron chi connectivity index (χ1n) is 9.38. The second-order valence-corrected chi connectivity index (χ2v) is 6.48. The summed E-state index contributed by atoms with van der Waals surface area (Å²) in [4.78, 5) is 21.3. The molecule has 0 bridgehead atoms. The number of nitrogens with zero attached hydrogens (tertiary/aromatic N) is 3. The normalized spacial score (nSPS) is 11.0. The van der Waals surface area contributed by atoms with Crippen molar-refractivity contribution in [3.05, 3.63) is 65.6 Å².